The van der Waals surface area contributed by atoms with Gasteiger partial charge >= 0.3 is 0 Å². The summed E-state index contributed by atoms with van der Waals surface area (Å²) in [6.45, 7) is 5.30. The first-order valence-corrected chi connectivity index (χ1v) is 6.06. The molecule has 1 aromatic heterocycles. The SMILES string of the molecule is Cc1cc(C(=O)N2CCC[C@@H]([C@H](C)N)C2)on1. The van der Waals surface area contributed by atoms with Crippen molar-refractivity contribution in [3.8, 4) is 0 Å². The Kier molecular flexibility index (Phi) is 3.47. The Morgan fingerprint density at radius 2 is 2.47 bits per heavy atom. The van der Waals surface area contributed by atoms with E-state index in [1.165, 1.54) is 0 Å². The highest BCUT2D eigenvalue weighted by Gasteiger charge is 2.28. The molecule has 1 amide bonds. The van der Waals surface area contributed by atoms with Gasteiger partial charge in [0.15, 0.2) is 0 Å². The van der Waals surface area contributed by atoms with E-state index in [0.29, 0.717) is 11.7 Å². The van der Waals surface area contributed by atoms with E-state index in [2.05, 4.69) is 5.16 Å². The van der Waals surface area contributed by atoms with Crippen LogP contribution in [0, 0.1) is 12.8 Å². The fourth-order valence-electron chi connectivity index (χ4n) is 2.24. The average Bonchev–Trinajstić information content (AvgIpc) is 2.75. The second kappa shape index (κ2) is 4.87. The third-order valence-electron chi connectivity index (χ3n) is 3.33. The van der Waals surface area contributed by atoms with Gasteiger partial charge in [0.1, 0.15) is 0 Å². The topological polar surface area (TPSA) is 72.4 Å². The summed E-state index contributed by atoms with van der Waals surface area (Å²) in [5.41, 5.74) is 6.63. The first kappa shape index (κ1) is 12.1. The molecule has 0 aromatic carbocycles. The number of rotatable bonds is 2. The number of nitrogens with zero attached hydrogens (tertiary/aromatic N) is 2. The number of amides is 1. The maximum atomic E-state index is 12.1. The molecule has 5 nitrogen and oxygen atoms in total. The van der Waals surface area contributed by atoms with E-state index < -0.39 is 0 Å². The number of nitrogens with two attached hydrogens (primary N) is 1. The molecule has 94 valence electrons. The van der Waals surface area contributed by atoms with E-state index in [-0.39, 0.29) is 11.9 Å². The van der Waals surface area contributed by atoms with Crippen LogP contribution in [0.3, 0.4) is 0 Å². The molecule has 0 radical (unpaired) electrons. The summed E-state index contributed by atoms with van der Waals surface area (Å²) in [7, 11) is 0. The second-order valence-corrected chi connectivity index (χ2v) is 4.85. The molecule has 5 heteroatoms. The third-order valence-corrected chi connectivity index (χ3v) is 3.33. The van der Waals surface area contributed by atoms with Crippen molar-refractivity contribution in [2.45, 2.75) is 32.7 Å². The molecule has 1 fully saturated rings. The Balaban J connectivity index is 2.04. The third kappa shape index (κ3) is 2.66. The minimum atomic E-state index is -0.0732. The molecular weight excluding hydrogens is 218 g/mol. The van der Waals surface area contributed by atoms with Crippen LogP contribution in [-0.2, 0) is 0 Å². The molecule has 2 N–H and O–H groups in total. The molecule has 1 aliphatic rings. The van der Waals surface area contributed by atoms with Crippen LogP contribution in [0.2, 0.25) is 0 Å². The summed E-state index contributed by atoms with van der Waals surface area (Å²) in [6, 6.07) is 1.81. The van der Waals surface area contributed by atoms with E-state index in [0.717, 1.165) is 31.6 Å². The number of hydrogen-bond acceptors (Lipinski definition) is 4. The van der Waals surface area contributed by atoms with Crippen LogP contribution in [0.4, 0.5) is 0 Å². The number of hydrogen-bond donors (Lipinski definition) is 1. The maximum Gasteiger partial charge on any atom is 0.292 e. The molecule has 0 saturated carbocycles. The van der Waals surface area contributed by atoms with Gasteiger partial charge in [-0.2, -0.15) is 0 Å². The van der Waals surface area contributed by atoms with E-state index >= 15 is 0 Å². The van der Waals surface area contributed by atoms with Gasteiger partial charge in [-0.15, -0.1) is 0 Å². The molecule has 1 saturated heterocycles. The monoisotopic (exact) mass is 237 g/mol. The van der Waals surface area contributed by atoms with Crippen LogP contribution >= 0.6 is 0 Å². The van der Waals surface area contributed by atoms with Crippen LogP contribution in [-0.4, -0.2) is 35.1 Å². The molecular formula is C12H19N3O2. The van der Waals surface area contributed by atoms with Crippen LogP contribution in [0.5, 0.6) is 0 Å². The predicted octanol–water partition coefficient (Wildman–Crippen LogP) is 1.18. The lowest BCUT2D eigenvalue weighted by atomic mass is 9.92. The van der Waals surface area contributed by atoms with Crippen LogP contribution in [0.1, 0.15) is 36.0 Å². The average molecular weight is 237 g/mol. The Morgan fingerprint density at radius 1 is 1.71 bits per heavy atom. The Morgan fingerprint density at radius 3 is 3.06 bits per heavy atom. The second-order valence-electron chi connectivity index (χ2n) is 4.85. The maximum absolute atomic E-state index is 12.1. The van der Waals surface area contributed by atoms with Crippen LogP contribution in [0.15, 0.2) is 10.6 Å². The van der Waals surface area contributed by atoms with Gasteiger partial charge < -0.3 is 15.2 Å². The highest BCUT2D eigenvalue weighted by Crippen LogP contribution is 2.20. The normalized spacial score (nSPS) is 22.5. The van der Waals surface area contributed by atoms with Crippen LogP contribution in [0.25, 0.3) is 0 Å². The molecule has 0 spiro atoms. The lowest BCUT2D eigenvalue weighted by Crippen LogP contribution is -2.44. The van der Waals surface area contributed by atoms with Gasteiger partial charge in [0.2, 0.25) is 5.76 Å². The quantitative estimate of drug-likeness (QED) is 0.838. The first-order valence-electron chi connectivity index (χ1n) is 6.06. The lowest BCUT2D eigenvalue weighted by Gasteiger charge is -2.34. The van der Waals surface area contributed by atoms with Crippen LogP contribution < -0.4 is 5.73 Å². The summed E-state index contributed by atoms with van der Waals surface area (Å²) >= 11 is 0. The van der Waals surface area contributed by atoms with Crippen molar-refractivity contribution >= 4 is 5.91 Å². The number of carbonyl (C=O) groups is 1. The fraction of sp³-hybridized carbons (Fsp3) is 0.667. The smallest absolute Gasteiger partial charge is 0.292 e. The molecule has 2 rings (SSSR count). The summed E-state index contributed by atoms with van der Waals surface area (Å²) in [6.07, 6.45) is 2.10. The highest BCUT2D eigenvalue weighted by molar-refractivity contribution is 5.91. The molecule has 2 heterocycles. The summed E-state index contributed by atoms with van der Waals surface area (Å²) in [5.74, 6) is 0.639. The Labute approximate surface area is 101 Å². The van der Waals surface area contributed by atoms with Gasteiger partial charge in [-0.05, 0) is 32.6 Å². The Hall–Kier alpha value is -1.36. The van der Waals surface area contributed by atoms with Crippen molar-refractivity contribution < 1.29 is 9.32 Å². The van der Waals surface area contributed by atoms with Gasteiger partial charge in [-0.1, -0.05) is 5.16 Å². The first-order chi connectivity index (χ1) is 8.08. The largest absolute Gasteiger partial charge is 0.351 e. The number of aromatic nitrogens is 1. The van der Waals surface area contributed by atoms with Crippen molar-refractivity contribution in [2.24, 2.45) is 11.7 Å². The van der Waals surface area contributed by atoms with Crippen molar-refractivity contribution in [3.05, 3.63) is 17.5 Å². The van der Waals surface area contributed by atoms with Gasteiger partial charge in [0.25, 0.3) is 5.91 Å². The lowest BCUT2D eigenvalue weighted by molar-refractivity contribution is 0.0619. The van der Waals surface area contributed by atoms with E-state index in [9.17, 15) is 4.79 Å². The van der Waals surface area contributed by atoms with Crippen molar-refractivity contribution in [3.63, 3.8) is 0 Å². The zero-order valence-electron chi connectivity index (χ0n) is 10.3. The van der Waals surface area contributed by atoms with Crippen molar-refractivity contribution in [1.29, 1.82) is 0 Å². The number of aryl methyl sites for hydroxylation is 1. The van der Waals surface area contributed by atoms with E-state index in [1.54, 1.807) is 13.0 Å². The van der Waals surface area contributed by atoms with Crippen molar-refractivity contribution in [1.82, 2.24) is 10.1 Å². The molecule has 0 bridgehead atoms. The van der Waals surface area contributed by atoms with E-state index in [4.69, 9.17) is 10.3 Å². The summed E-state index contributed by atoms with van der Waals surface area (Å²) < 4.78 is 5.00. The van der Waals surface area contributed by atoms with Gasteiger partial charge in [-0.3, -0.25) is 4.79 Å². The summed E-state index contributed by atoms with van der Waals surface area (Å²) in [5, 5.41) is 3.74. The van der Waals surface area contributed by atoms with Gasteiger partial charge in [0, 0.05) is 25.2 Å². The van der Waals surface area contributed by atoms with Crippen molar-refractivity contribution in [2.75, 3.05) is 13.1 Å². The standard InChI is InChI=1S/C12H19N3O2/c1-8-6-11(17-14-8)12(16)15-5-3-4-10(7-15)9(2)13/h6,9-10H,3-5,7,13H2,1-2H3/t9-,10+/m0/s1. The van der Waals surface area contributed by atoms with E-state index in [1.807, 2.05) is 11.8 Å². The number of carbonyl (C=O) groups excluding carboxylic acids is 1. The van der Waals surface area contributed by atoms with Gasteiger partial charge in [0.05, 0.1) is 5.69 Å². The fourth-order valence-corrected chi connectivity index (χ4v) is 2.24. The zero-order chi connectivity index (χ0) is 12.4. The number of piperidine rings is 1. The van der Waals surface area contributed by atoms with Gasteiger partial charge in [-0.25, -0.2) is 0 Å². The zero-order valence-corrected chi connectivity index (χ0v) is 10.3. The molecule has 17 heavy (non-hydrogen) atoms. The molecule has 1 aliphatic heterocycles. The molecule has 0 aliphatic carbocycles. The minimum Gasteiger partial charge on any atom is -0.351 e. The predicted molar refractivity (Wildman–Crippen MR) is 63.5 cm³/mol. The Bertz CT molecular complexity index is 400. The molecule has 1 aromatic rings. The molecule has 0 unspecified atom stereocenters. The molecule has 2 atom stereocenters. The highest BCUT2D eigenvalue weighted by atomic mass is 16.5. The summed E-state index contributed by atoms with van der Waals surface area (Å²) in [4.78, 5) is 13.9. The number of likely N-dealkylation sites (tertiary alicyclic amines) is 1. The minimum absolute atomic E-state index is 0.0732.